The molecule has 1 amide bonds. The summed E-state index contributed by atoms with van der Waals surface area (Å²) >= 11 is 0. The average Bonchev–Trinajstić information content (AvgIpc) is 2.71. The number of hydrogen-bond donors (Lipinski definition) is 2. The maximum absolute atomic E-state index is 12.8. The number of nitrogens with one attached hydrogen (secondary N) is 2. The smallest absolute Gasteiger partial charge is 0.417 e. The van der Waals surface area contributed by atoms with E-state index in [9.17, 15) is 18.0 Å². The van der Waals surface area contributed by atoms with Gasteiger partial charge in [0.25, 0.3) is 0 Å². The van der Waals surface area contributed by atoms with Gasteiger partial charge in [0.1, 0.15) is 11.6 Å². The lowest BCUT2D eigenvalue weighted by molar-refractivity contribution is -0.115. The minimum absolute atomic E-state index is 0.144. The number of halogens is 3. The summed E-state index contributed by atoms with van der Waals surface area (Å²) in [5.74, 6) is -0.0178. The summed E-state index contributed by atoms with van der Waals surface area (Å²) < 4.78 is 44.0. The van der Waals surface area contributed by atoms with E-state index in [1.54, 1.807) is 19.1 Å². The number of pyridine rings is 1. The van der Waals surface area contributed by atoms with Gasteiger partial charge in [-0.2, -0.15) is 13.2 Å². The molecule has 154 valence electrons. The summed E-state index contributed by atoms with van der Waals surface area (Å²) in [5, 5.41) is 5.62. The van der Waals surface area contributed by atoms with Crippen molar-refractivity contribution in [2.75, 3.05) is 5.32 Å². The molecule has 0 fully saturated rings. The van der Waals surface area contributed by atoms with Crippen LogP contribution in [0.1, 0.15) is 6.92 Å². The first-order chi connectivity index (χ1) is 14.3. The van der Waals surface area contributed by atoms with Gasteiger partial charge in [-0.3, -0.25) is 4.79 Å². The van der Waals surface area contributed by atoms with Crippen LogP contribution in [0.2, 0.25) is 0 Å². The SMILES string of the molecule is C=CC(=O)NC(/C=C\C)=C(/C=C)Nc1cc(OC2=C=C=CC(C(F)(F)F)=C2)ccn1. The minimum Gasteiger partial charge on any atom is -0.448 e. The van der Waals surface area contributed by atoms with Gasteiger partial charge in [-0.15, -0.1) is 0 Å². The number of amides is 1. The molecule has 0 bridgehead atoms. The molecule has 1 aliphatic rings. The number of nitrogens with zero attached hydrogens (tertiary/aromatic N) is 1. The zero-order valence-electron chi connectivity index (χ0n) is 16.0. The van der Waals surface area contributed by atoms with E-state index in [-0.39, 0.29) is 11.5 Å². The van der Waals surface area contributed by atoms with Crippen molar-refractivity contribution < 1.29 is 22.7 Å². The number of rotatable bonds is 8. The molecule has 0 radical (unpaired) electrons. The Morgan fingerprint density at radius 1 is 1.27 bits per heavy atom. The Labute approximate surface area is 171 Å². The van der Waals surface area contributed by atoms with E-state index in [0.29, 0.717) is 17.2 Å². The molecule has 8 heteroatoms. The highest BCUT2D eigenvalue weighted by atomic mass is 19.4. The molecule has 0 atom stereocenters. The van der Waals surface area contributed by atoms with E-state index >= 15 is 0 Å². The summed E-state index contributed by atoms with van der Waals surface area (Å²) in [6, 6.07) is 2.95. The maximum atomic E-state index is 12.8. The number of aromatic nitrogens is 1. The summed E-state index contributed by atoms with van der Waals surface area (Å²) in [6.45, 7) is 8.89. The quantitative estimate of drug-likeness (QED) is 0.364. The van der Waals surface area contributed by atoms with Gasteiger partial charge in [-0.1, -0.05) is 25.0 Å². The van der Waals surface area contributed by atoms with Crippen molar-refractivity contribution >= 4 is 11.7 Å². The van der Waals surface area contributed by atoms with Crippen molar-refractivity contribution in [2.45, 2.75) is 13.1 Å². The molecule has 1 aromatic rings. The topological polar surface area (TPSA) is 63.2 Å². The van der Waals surface area contributed by atoms with E-state index < -0.39 is 17.7 Å². The first-order valence-electron chi connectivity index (χ1n) is 8.61. The lowest BCUT2D eigenvalue weighted by Gasteiger charge is -2.13. The molecule has 5 nitrogen and oxygen atoms in total. The first kappa shape index (κ1) is 22.3. The third-order valence-electron chi connectivity index (χ3n) is 3.53. The molecule has 1 heterocycles. The molecule has 0 unspecified atom stereocenters. The molecule has 0 spiro atoms. The molecule has 0 aromatic carbocycles. The Morgan fingerprint density at radius 3 is 2.67 bits per heavy atom. The Kier molecular flexibility index (Phi) is 7.42. The van der Waals surface area contributed by atoms with Crippen molar-refractivity contribution in [2.24, 2.45) is 0 Å². The number of carbonyl (C=O) groups excluding carboxylic acids is 1. The van der Waals surface area contributed by atoms with Gasteiger partial charge in [-0.25, -0.2) is 4.98 Å². The van der Waals surface area contributed by atoms with Crippen LogP contribution in [0.5, 0.6) is 5.75 Å². The highest BCUT2D eigenvalue weighted by Crippen LogP contribution is 2.29. The molecular formula is C22H18F3N3O2. The molecular weight excluding hydrogens is 395 g/mol. The second-order valence-corrected chi connectivity index (χ2v) is 5.70. The Balaban J connectivity index is 2.27. The average molecular weight is 413 g/mol. The van der Waals surface area contributed by atoms with Gasteiger partial charge >= 0.3 is 6.18 Å². The van der Waals surface area contributed by atoms with Crippen LogP contribution in [-0.4, -0.2) is 17.1 Å². The Bertz CT molecular complexity index is 1050. The lowest BCUT2D eigenvalue weighted by Crippen LogP contribution is -2.22. The number of anilines is 1. The van der Waals surface area contributed by atoms with Crippen molar-refractivity contribution in [3.05, 3.63) is 102 Å². The van der Waals surface area contributed by atoms with Gasteiger partial charge in [0.2, 0.25) is 5.91 Å². The minimum atomic E-state index is -4.52. The van der Waals surface area contributed by atoms with Gasteiger partial charge in [0.05, 0.1) is 17.0 Å². The van der Waals surface area contributed by atoms with Crippen molar-refractivity contribution in [3.8, 4) is 5.75 Å². The summed E-state index contributed by atoms with van der Waals surface area (Å²) in [4.78, 5) is 15.8. The number of allylic oxidation sites excluding steroid dienone is 6. The number of alkyl halides is 3. The van der Waals surface area contributed by atoms with Gasteiger partial charge in [0.15, 0.2) is 5.76 Å². The zero-order valence-corrected chi connectivity index (χ0v) is 16.0. The maximum Gasteiger partial charge on any atom is 0.417 e. The van der Waals surface area contributed by atoms with E-state index in [1.165, 1.54) is 24.4 Å². The predicted octanol–water partition coefficient (Wildman–Crippen LogP) is 4.84. The van der Waals surface area contributed by atoms with Crippen molar-refractivity contribution in [1.29, 1.82) is 0 Å². The van der Waals surface area contributed by atoms with Crippen LogP contribution in [0.3, 0.4) is 0 Å². The first-order valence-corrected chi connectivity index (χ1v) is 8.61. The highest BCUT2D eigenvalue weighted by molar-refractivity contribution is 5.88. The molecule has 1 aliphatic carbocycles. The van der Waals surface area contributed by atoms with Crippen LogP contribution in [0, 0.1) is 0 Å². The largest absolute Gasteiger partial charge is 0.448 e. The molecule has 2 rings (SSSR count). The number of hydrogen-bond acceptors (Lipinski definition) is 4. The van der Waals surface area contributed by atoms with E-state index in [1.807, 2.05) is 0 Å². The van der Waals surface area contributed by atoms with Crippen LogP contribution in [0.15, 0.2) is 102 Å². The van der Waals surface area contributed by atoms with Crippen molar-refractivity contribution in [1.82, 2.24) is 10.3 Å². The molecule has 30 heavy (non-hydrogen) atoms. The van der Waals surface area contributed by atoms with Crippen LogP contribution in [-0.2, 0) is 4.79 Å². The fourth-order valence-electron chi connectivity index (χ4n) is 2.21. The Hall–Kier alpha value is -3.99. The molecule has 0 saturated carbocycles. The zero-order chi connectivity index (χ0) is 22.1. The summed E-state index contributed by atoms with van der Waals surface area (Å²) in [5.41, 5.74) is 4.74. The Morgan fingerprint density at radius 2 is 2.03 bits per heavy atom. The third-order valence-corrected chi connectivity index (χ3v) is 3.53. The second-order valence-electron chi connectivity index (χ2n) is 5.70. The summed E-state index contributed by atoms with van der Waals surface area (Å²) in [7, 11) is 0. The predicted molar refractivity (Wildman–Crippen MR) is 108 cm³/mol. The second kappa shape index (κ2) is 9.98. The third kappa shape index (κ3) is 6.27. The summed E-state index contributed by atoms with van der Waals surface area (Å²) in [6.07, 6.45) is 4.48. The van der Waals surface area contributed by atoms with Crippen LogP contribution < -0.4 is 15.4 Å². The van der Waals surface area contributed by atoms with Gasteiger partial charge in [-0.05, 0) is 36.9 Å². The highest BCUT2D eigenvalue weighted by Gasteiger charge is 2.32. The lowest BCUT2D eigenvalue weighted by atomic mass is 10.2. The molecule has 1 aromatic heterocycles. The molecule has 2 N–H and O–H groups in total. The number of ether oxygens (including phenoxy) is 1. The van der Waals surface area contributed by atoms with Gasteiger partial charge in [0, 0.05) is 24.4 Å². The fraction of sp³-hybridized carbons (Fsp3) is 0.0909. The van der Waals surface area contributed by atoms with E-state index in [2.05, 4.69) is 40.2 Å². The molecule has 0 saturated heterocycles. The van der Waals surface area contributed by atoms with Crippen LogP contribution >= 0.6 is 0 Å². The van der Waals surface area contributed by atoms with E-state index in [4.69, 9.17) is 4.74 Å². The normalized spacial score (nSPS) is 13.9. The molecule has 0 aliphatic heterocycles. The fourth-order valence-corrected chi connectivity index (χ4v) is 2.21. The number of carbonyl (C=O) groups is 1. The van der Waals surface area contributed by atoms with E-state index in [0.717, 1.165) is 18.2 Å². The standard InChI is InChI=1S/C22H18F3N3O2/c1-4-8-19(28-21(29)6-3)18(5-2)27-20-14-17(11-12-26-20)30-16-10-7-9-15(13-16)22(23,24)25/h4-6,8-9,11-14H,2-3H2,1H3,(H,26,27)(H,28,29)/b8-4-,19-18-. The van der Waals surface area contributed by atoms with Crippen LogP contribution in [0.4, 0.5) is 19.0 Å². The van der Waals surface area contributed by atoms with Crippen LogP contribution in [0.25, 0.3) is 0 Å². The monoisotopic (exact) mass is 413 g/mol. The van der Waals surface area contributed by atoms with Gasteiger partial charge < -0.3 is 15.4 Å². The van der Waals surface area contributed by atoms with Crippen molar-refractivity contribution in [3.63, 3.8) is 0 Å².